The molecule has 2 heterocycles. The van der Waals surface area contributed by atoms with Crippen LogP contribution in [0.4, 0.5) is 0 Å². The van der Waals surface area contributed by atoms with Gasteiger partial charge in [-0.25, -0.2) is 4.98 Å². The van der Waals surface area contributed by atoms with Crippen molar-refractivity contribution in [3.05, 3.63) is 51.1 Å². The molecule has 1 aliphatic carbocycles. The molecule has 1 aliphatic rings. The Labute approximate surface area is 142 Å². The van der Waals surface area contributed by atoms with E-state index in [1.54, 1.807) is 15.9 Å². The maximum atomic E-state index is 13.2. The minimum absolute atomic E-state index is 0.0279. The zero-order valence-corrected chi connectivity index (χ0v) is 14.0. The van der Waals surface area contributed by atoms with Gasteiger partial charge in [-0.1, -0.05) is 35.9 Å². The van der Waals surface area contributed by atoms with Crippen molar-refractivity contribution in [3.8, 4) is 18.0 Å². The molecule has 0 atom stereocenters. The SMILES string of the molecule is C#CCSc1nc2sc3c(c2c(=O)n1-c1ccccc1)CCC3. The van der Waals surface area contributed by atoms with Crippen LogP contribution >= 0.6 is 23.1 Å². The lowest BCUT2D eigenvalue weighted by Gasteiger charge is -2.11. The molecule has 23 heavy (non-hydrogen) atoms. The van der Waals surface area contributed by atoms with Gasteiger partial charge >= 0.3 is 0 Å². The Bertz CT molecular complexity index is 980. The van der Waals surface area contributed by atoms with E-state index in [1.807, 2.05) is 30.3 Å². The Morgan fingerprint density at radius 2 is 2.13 bits per heavy atom. The van der Waals surface area contributed by atoms with Crippen molar-refractivity contribution in [1.29, 1.82) is 0 Å². The third-order valence-corrected chi connectivity index (χ3v) is 6.04. The molecular weight excluding hydrogens is 324 g/mol. The van der Waals surface area contributed by atoms with Crippen molar-refractivity contribution in [1.82, 2.24) is 9.55 Å². The van der Waals surface area contributed by atoms with Gasteiger partial charge in [0.05, 0.1) is 16.8 Å². The Morgan fingerprint density at radius 1 is 1.30 bits per heavy atom. The average Bonchev–Trinajstić information content (AvgIpc) is 3.14. The quantitative estimate of drug-likeness (QED) is 0.415. The van der Waals surface area contributed by atoms with Crippen LogP contribution in [0.1, 0.15) is 16.9 Å². The lowest BCUT2D eigenvalue weighted by molar-refractivity contribution is 0.821. The van der Waals surface area contributed by atoms with Crippen molar-refractivity contribution in [2.75, 3.05) is 5.75 Å². The number of thiophene rings is 1. The molecule has 0 saturated heterocycles. The van der Waals surface area contributed by atoms with Gasteiger partial charge in [-0.05, 0) is 37.0 Å². The number of aryl methyl sites for hydroxylation is 2. The van der Waals surface area contributed by atoms with E-state index >= 15 is 0 Å². The lowest BCUT2D eigenvalue weighted by atomic mass is 10.2. The van der Waals surface area contributed by atoms with Gasteiger partial charge < -0.3 is 0 Å². The fourth-order valence-corrected chi connectivity index (χ4v) is 5.03. The third-order valence-electron chi connectivity index (χ3n) is 4.01. The number of benzene rings is 1. The topological polar surface area (TPSA) is 34.9 Å². The van der Waals surface area contributed by atoms with E-state index in [4.69, 9.17) is 11.4 Å². The van der Waals surface area contributed by atoms with Crippen molar-refractivity contribution in [3.63, 3.8) is 0 Å². The second-order valence-electron chi connectivity index (χ2n) is 5.40. The number of fused-ring (bicyclic) bond motifs is 3. The summed E-state index contributed by atoms with van der Waals surface area (Å²) in [6.45, 7) is 0. The number of terminal acetylenes is 1. The fourth-order valence-electron chi connectivity index (χ4n) is 3.03. The number of hydrogen-bond donors (Lipinski definition) is 0. The van der Waals surface area contributed by atoms with E-state index in [0.29, 0.717) is 10.9 Å². The van der Waals surface area contributed by atoms with Crippen LogP contribution in [0.15, 0.2) is 40.3 Å². The molecule has 3 nitrogen and oxygen atoms in total. The summed E-state index contributed by atoms with van der Waals surface area (Å²) in [6.07, 6.45) is 8.57. The van der Waals surface area contributed by atoms with Crippen LogP contribution in [0.5, 0.6) is 0 Å². The van der Waals surface area contributed by atoms with Gasteiger partial charge in [-0.3, -0.25) is 9.36 Å². The molecule has 3 aromatic rings. The maximum Gasteiger partial charge on any atom is 0.267 e. The van der Waals surface area contributed by atoms with Crippen LogP contribution in [0.25, 0.3) is 15.9 Å². The monoisotopic (exact) mass is 338 g/mol. The van der Waals surface area contributed by atoms with E-state index < -0.39 is 0 Å². The number of thioether (sulfide) groups is 1. The summed E-state index contributed by atoms with van der Waals surface area (Å²) in [4.78, 5) is 20.1. The van der Waals surface area contributed by atoms with Crippen molar-refractivity contribution >= 4 is 33.3 Å². The number of para-hydroxylation sites is 1. The van der Waals surface area contributed by atoms with Gasteiger partial charge in [0.15, 0.2) is 5.16 Å². The second-order valence-corrected chi connectivity index (χ2v) is 7.43. The Morgan fingerprint density at radius 3 is 2.91 bits per heavy atom. The third kappa shape index (κ3) is 2.39. The standard InChI is InChI=1S/C18H14N2OS2/c1-2-11-22-18-19-16-15(13-9-6-10-14(13)23-16)17(21)20(18)12-7-4-3-5-8-12/h1,3-5,7-8H,6,9-11H2. The molecule has 0 radical (unpaired) electrons. The van der Waals surface area contributed by atoms with E-state index in [9.17, 15) is 4.79 Å². The Kier molecular flexibility index (Phi) is 3.72. The molecule has 0 saturated carbocycles. The number of rotatable bonds is 3. The molecule has 2 aromatic heterocycles. The smallest absolute Gasteiger partial charge is 0.267 e. The van der Waals surface area contributed by atoms with Gasteiger partial charge in [-0.2, -0.15) is 0 Å². The van der Waals surface area contributed by atoms with Gasteiger partial charge in [0.2, 0.25) is 0 Å². The molecule has 0 spiro atoms. The van der Waals surface area contributed by atoms with Crippen molar-refractivity contribution in [2.24, 2.45) is 0 Å². The van der Waals surface area contributed by atoms with Crippen LogP contribution in [0.3, 0.4) is 0 Å². The summed E-state index contributed by atoms with van der Waals surface area (Å²) in [7, 11) is 0. The van der Waals surface area contributed by atoms with E-state index in [1.165, 1.54) is 22.2 Å². The summed E-state index contributed by atoms with van der Waals surface area (Å²) < 4.78 is 1.70. The zero-order chi connectivity index (χ0) is 15.8. The normalized spacial score (nSPS) is 13.2. The minimum Gasteiger partial charge on any atom is -0.268 e. The fraction of sp³-hybridized carbons (Fsp3) is 0.222. The highest BCUT2D eigenvalue weighted by Gasteiger charge is 2.23. The number of aromatic nitrogens is 2. The van der Waals surface area contributed by atoms with Crippen molar-refractivity contribution < 1.29 is 0 Å². The molecule has 114 valence electrons. The lowest BCUT2D eigenvalue weighted by Crippen LogP contribution is -2.21. The summed E-state index contributed by atoms with van der Waals surface area (Å²) in [6, 6.07) is 9.67. The van der Waals surface area contributed by atoms with Crippen LogP contribution in [0, 0.1) is 12.3 Å². The van der Waals surface area contributed by atoms with Crippen LogP contribution in [-0.2, 0) is 12.8 Å². The first-order chi connectivity index (χ1) is 11.3. The molecule has 4 rings (SSSR count). The highest BCUT2D eigenvalue weighted by molar-refractivity contribution is 7.99. The first-order valence-corrected chi connectivity index (χ1v) is 9.29. The largest absolute Gasteiger partial charge is 0.268 e. The van der Waals surface area contributed by atoms with Gasteiger partial charge in [0.1, 0.15) is 4.83 Å². The van der Waals surface area contributed by atoms with E-state index in [0.717, 1.165) is 35.2 Å². The number of nitrogens with zero attached hydrogens (tertiary/aromatic N) is 2. The summed E-state index contributed by atoms with van der Waals surface area (Å²) in [5.41, 5.74) is 2.07. The zero-order valence-electron chi connectivity index (χ0n) is 12.4. The van der Waals surface area contributed by atoms with Crippen molar-refractivity contribution in [2.45, 2.75) is 24.4 Å². The summed E-state index contributed by atoms with van der Waals surface area (Å²) in [5.74, 6) is 3.11. The van der Waals surface area contributed by atoms with Gasteiger partial charge in [-0.15, -0.1) is 17.8 Å². The van der Waals surface area contributed by atoms with Gasteiger partial charge in [0, 0.05) is 4.88 Å². The molecule has 1 aromatic carbocycles. The molecular formula is C18H14N2OS2. The van der Waals surface area contributed by atoms with Gasteiger partial charge in [0.25, 0.3) is 5.56 Å². The average molecular weight is 338 g/mol. The number of hydrogen-bond acceptors (Lipinski definition) is 4. The Balaban J connectivity index is 2.03. The molecule has 0 N–H and O–H groups in total. The molecule has 0 unspecified atom stereocenters. The van der Waals surface area contributed by atoms with E-state index in [-0.39, 0.29) is 5.56 Å². The minimum atomic E-state index is 0.0279. The first-order valence-electron chi connectivity index (χ1n) is 7.48. The molecule has 0 aliphatic heterocycles. The van der Waals surface area contributed by atoms with Crippen LogP contribution in [0.2, 0.25) is 0 Å². The summed E-state index contributed by atoms with van der Waals surface area (Å²) >= 11 is 3.10. The predicted octanol–water partition coefficient (Wildman–Crippen LogP) is 3.66. The molecule has 0 fully saturated rings. The van der Waals surface area contributed by atoms with E-state index in [2.05, 4.69) is 5.92 Å². The first kappa shape index (κ1) is 14.6. The van der Waals surface area contributed by atoms with Crippen LogP contribution < -0.4 is 5.56 Å². The Hall–Kier alpha value is -2.03. The highest BCUT2D eigenvalue weighted by Crippen LogP contribution is 2.36. The summed E-state index contributed by atoms with van der Waals surface area (Å²) in [5, 5.41) is 1.47. The molecule has 0 bridgehead atoms. The second kappa shape index (κ2) is 5.88. The molecule has 0 amide bonds. The predicted molar refractivity (Wildman–Crippen MR) is 96.8 cm³/mol. The molecule has 5 heteroatoms. The maximum absolute atomic E-state index is 13.2. The van der Waals surface area contributed by atoms with Crippen LogP contribution in [-0.4, -0.2) is 15.3 Å². The highest BCUT2D eigenvalue weighted by atomic mass is 32.2.